The van der Waals surface area contributed by atoms with E-state index in [0.29, 0.717) is 23.7 Å². The van der Waals surface area contributed by atoms with E-state index in [4.69, 9.17) is 4.74 Å². The van der Waals surface area contributed by atoms with Gasteiger partial charge in [-0.2, -0.15) is 0 Å². The summed E-state index contributed by atoms with van der Waals surface area (Å²) in [6, 6.07) is 0. The Hall–Kier alpha value is -0.490. The van der Waals surface area contributed by atoms with Crippen molar-refractivity contribution in [2.45, 2.75) is 76.8 Å². The third-order valence-electron chi connectivity index (χ3n) is 9.46. The standard InChI is InChI=1S/C21H32O5/c1-20-7-6-12(23)8-11(20)2-3-13-14-4-5-15(16(24)10-22)21(14)9-17(18(13)20)26-19(21)25/h11-15,17-19,22-23,25H,2-10H2,1H3/t11-,12-,13+,14+,15-,17+,18-,19-,20+,21-/m1/s1. The van der Waals surface area contributed by atoms with Gasteiger partial charge in [-0.1, -0.05) is 6.92 Å². The lowest BCUT2D eigenvalue weighted by Crippen LogP contribution is -2.58. The van der Waals surface area contributed by atoms with Crippen molar-refractivity contribution in [3.63, 3.8) is 0 Å². The van der Waals surface area contributed by atoms with Crippen LogP contribution in [-0.4, -0.2) is 46.2 Å². The second kappa shape index (κ2) is 5.76. The van der Waals surface area contributed by atoms with Crippen molar-refractivity contribution in [2.24, 2.45) is 40.4 Å². The first-order valence-corrected chi connectivity index (χ1v) is 10.6. The summed E-state index contributed by atoms with van der Waals surface area (Å²) >= 11 is 0. The fourth-order valence-corrected chi connectivity index (χ4v) is 8.47. The van der Waals surface area contributed by atoms with E-state index in [-0.39, 0.29) is 29.3 Å². The van der Waals surface area contributed by atoms with Crippen LogP contribution in [0.25, 0.3) is 0 Å². The molecule has 26 heavy (non-hydrogen) atoms. The largest absolute Gasteiger partial charge is 0.393 e. The van der Waals surface area contributed by atoms with E-state index >= 15 is 0 Å². The van der Waals surface area contributed by atoms with Gasteiger partial charge in [-0.05, 0) is 80.5 Å². The summed E-state index contributed by atoms with van der Waals surface area (Å²) in [4.78, 5) is 12.4. The molecule has 0 aromatic rings. The number of carbonyl (C=O) groups excluding carboxylic acids is 1. The summed E-state index contributed by atoms with van der Waals surface area (Å²) < 4.78 is 6.18. The highest BCUT2D eigenvalue weighted by atomic mass is 16.6. The van der Waals surface area contributed by atoms with Crippen LogP contribution in [0.15, 0.2) is 0 Å². The topological polar surface area (TPSA) is 87.0 Å². The van der Waals surface area contributed by atoms with Gasteiger partial charge in [0.25, 0.3) is 0 Å². The molecule has 4 saturated carbocycles. The van der Waals surface area contributed by atoms with Crippen LogP contribution in [0.1, 0.15) is 58.3 Å². The number of aliphatic hydroxyl groups is 3. The zero-order valence-corrected chi connectivity index (χ0v) is 15.6. The lowest BCUT2D eigenvalue weighted by Gasteiger charge is -2.60. The van der Waals surface area contributed by atoms with E-state index in [1.54, 1.807) is 0 Å². The lowest BCUT2D eigenvalue weighted by atomic mass is 9.44. The molecule has 4 aliphatic carbocycles. The molecule has 0 aromatic carbocycles. The van der Waals surface area contributed by atoms with Crippen LogP contribution in [0.3, 0.4) is 0 Å². The molecule has 0 unspecified atom stereocenters. The minimum atomic E-state index is -0.873. The fraction of sp³-hybridized carbons (Fsp3) is 0.952. The zero-order chi connectivity index (χ0) is 18.3. The minimum absolute atomic E-state index is 0.0152. The van der Waals surface area contributed by atoms with Crippen LogP contribution in [0, 0.1) is 40.4 Å². The number of ketones is 1. The van der Waals surface area contributed by atoms with Crippen LogP contribution in [0.5, 0.6) is 0 Å². The summed E-state index contributed by atoms with van der Waals surface area (Å²) in [5.74, 6) is 1.42. The van der Waals surface area contributed by atoms with E-state index in [1.807, 2.05) is 0 Å². The Morgan fingerprint density at radius 3 is 2.73 bits per heavy atom. The van der Waals surface area contributed by atoms with Gasteiger partial charge in [0.2, 0.25) is 0 Å². The molecule has 1 aliphatic heterocycles. The highest BCUT2D eigenvalue weighted by molar-refractivity contribution is 5.83. The predicted molar refractivity (Wildman–Crippen MR) is 93.9 cm³/mol. The van der Waals surface area contributed by atoms with Gasteiger partial charge >= 0.3 is 0 Å². The molecule has 146 valence electrons. The van der Waals surface area contributed by atoms with Gasteiger partial charge in [0.15, 0.2) is 12.1 Å². The van der Waals surface area contributed by atoms with E-state index in [9.17, 15) is 20.1 Å². The van der Waals surface area contributed by atoms with Crippen molar-refractivity contribution >= 4 is 5.78 Å². The fourth-order valence-electron chi connectivity index (χ4n) is 8.47. The Morgan fingerprint density at radius 1 is 1.15 bits per heavy atom. The van der Waals surface area contributed by atoms with Gasteiger partial charge in [0, 0.05) is 11.3 Å². The lowest BCUT2D eigenvalue weighted by molar-refractivity contribution is -0.162. The van der Waals surface area contributed by atoms with Gasteiger partial charge in [-0.25, -0.2) is 0 Å². The summed E-state index contributed by atoms with van der Waals surface area (Å²) in [5, 5.41) is 30.6. The Morgan fingerprint density at radius 2 is 1.96 bits per heavy atom. The first kappa shape index (κ1) is 17.6. The van der Waals surface area contributed by atoms with Crippen LogP contribution in [-0.2, 0) is 9.53 Å². The monoisotopic (exact) mass is 364 g/mol. The number of fused-ring (bicyclic) bond motifs is 6. The average molecular weight is 364 g/mol. The maximum Gasteiger partial charge on any atom is 0.162 e. The van der Waals surface area contributed by atoms with Crippen LogP contribution in [0.2, 0.25) is 0 Å². The van der Waals surface area contributed by atoms with Crippen molar-refractivity contribution in [1.82, 2.24) is 0 Å². The maximum absolute atomic E-state index is 12.4. The molecule has 5 aliphatic rings. The van der Waals surface area contributed by atoms with Gasteiger partial charge < -0.3 is 20.1 Å². The van der Waals surface area contributed by atoms with E-state index in [0.717, 1.165) is 51.4 Å². The normalized spacial score (nSPS) is 58.0. The highest BCUT2D eigenvalue weighted by Crippen LogP contribution is 2.71. The third kappa shape index (κ3) is 2.04. The molecular formula is C21H32O5. The van der Waals surface area contributed by atoms with Gasteiger partial charge in [-0.15, -0.1) is 0 Å². The average Bonchev–Trinajstić information content (AvgIpc) is 3.14. The van der Waals surface area contributed by atoms with Crippen molar-refractivity contribution in [2.75, 3.05) is 6.61 Å². The Labute approximate surface area is 155 Å². The van der Waals surface area contributed by atoms with Crippen LogP contribution < -0.4 is 0 Å². The zero-order valence-electron chi connectivity index (χ0n) is 15.6. The Kier molecular flexibility index (Phi) is 3.90. The first-order valence-electron chi connectivity index (χ1n) is 10.6. The number of carbonyl (C=O) groups is 1. The molecule has 1 saturated heterocycles. The van der Waals surface area contributed by atoms with Gasteiger partial charge in [0.1, 0.15) is 6.61 Å². The number of rotatable bonds is 2. The molecule has 1 heterocycles. The molecule has 0 amide bonds. The number of hydrogen-bond donors (Lipinski definition) is 3. The second-order valence-electron chi connectivity index (χ2n) is 10.1. The molecule has 5 nitrogen and oxygen atoms in total. The van der Waals surface area contributed by atoms with Crippen LogP contribution >= 0.6 is 0 Å². The number of ether oxygens (including phenoxy) is 1. The molecule has 3 N–H and O–H groups in total. The van der Waals surface area contributed by atoms with Crippen molar-refractivity contribution in [3.05, 3.63) is 0 Å². The number of aliphatic hydroxyl groups excluding tert-OH is 3. The quantitative estimate of drug-likeness (QED) is 0.696. The molecule has 5 heteroatoms. The molecule has 5 fully saturated rings. The molecule has 1 spiro atoms. The summed E-state index contributed by atoms with van der Waals surface area (Å²) in [6.07, 6.45) is 6.55. The number of hydrogen-bond acceptors (Lipinski definition) is 5. The van der Waals surface area contributed by atoms with Gasteiger partial charge in [0.05, 0.1) is 12.2 Å². The van der Waals surface area contributed by atoms with E-state index < -0.39 is 18.3 Å². The predicted octanol–water partition coefficient (Wildman–Crippen LogP) is 1.87. The molecule has 0 aromatic heterocycles. The highest BCUT2D eigenvalue weighted by Gasteiger charge is 2.71. The molecule has 10 atom stereocenters. The van der Waals surface area contributed by atoms with Crippen LogP contribution in [0.4, 0.5) is 0 Å². The molecular weight excluding hydrogens is 332 g/mol. The maximum atomic E-state index is 12.4. The second-order valence-corrected chi connectivity index (χ2v) is 10.1. The van der Waals surface area contributed by atoms with Crippen molar-refractivity contribution < 1.29 is 24.9 Å². The van der Waals surface area contributed by atoms with E-state index in [1.165, 1.54) is 0 Å². The third-order valence-corrected chi connectivity index (χ3v) is 9.46. The smallest absolute Gasteiger partial charge is 0.162 e. The van der Waals surface area contributed by atoms with E-state index in [2.05, 4.69) is 6.92 Å². The summed E-state index contributed by atoms with van der Waals surface area (Å²) in [5.41, 5.74) is -0.300. The van der Waals surface area contributed by atoms with Gasteiger partial charge in [-0.3, -0.25) is 4.79 Å². The Balaban J connectivity index is 1.53. The molecule has 0 radical (unpaired) electrons. The Bertz CT molecular complexity index is 607. The minimum Gasteiger partial charge on any atom is -0.393 e. The summed E-state index contributed by atoms with van der Waals surface area (Å²) in [7, 11) is 0. The SMILES string of the molecule is C[C@]12CC[C@@H](O)C[C@H]1CC[C@@H]1[C@@H]2[C@@H]2C[C@]3([C@H](O)O2)[C@@H](C(=O)CO)CC[C@@H]13. The van der Waals surface area contributed by atoms with Crippen molar-refractivity contribution in [3.8, 4) is 0 Å². The molecule has 5 rings (SSSR count). The van der Waals surface area contributed by atoms with Crippen molar-refractivity contribution in [1.29, 1.82) is 0 Å². The summed E-state index contributed by atoms with van der Waals surface area (Å²) in [6.45, 7) is 1.97. The molecule has 2 bridgehead atoms. The number of Topliss-reactive ketones (excluding diaryl/α,β-unsaturated/α-hetero) is 1. The first-order chi connectivity index (χ1) is 12.4.